The first kappa shape index (κ1) is 14.7. The molecule has 0 aromatic heterocycles. The molecule has 1 amide bonds. The zero-order valence-corrected chi connectivity index (χ0v) is 11.1. The highest BCUT2D eigenvalue weighted by Gasteiger charge is 2.27. The first-order valence-corrected chi connectivity index (χ1v) is 6.39. The largest absolute Gasteiger partial charge is 0.378 e. The molecule has 0 aromatic rings. The summed E-state index contributed by atoms with van der Waals surface area (Å²) in [6.45, 7) is 3.25. The van der Waals surface area contributed by atoms with Gasteiger partial charge in [-0.1, -0.05) is 0 Å². The number of ether oxygens (including phenoxy) is 1. The van der Waals surface area contributed by atoms with Crippen molar-refractivity contribution in [1.29, 1.82) is 0 Å². The first-order chi connectivity index (χ1) is 7.79. The van der Waals surface area contributed by atoms with Crippen LogP contribution in [0.2, 0.25) is 0 Å². The number of nitrogens with two attached hydrogens (primary N) is 1. The second kappa shape index (κ2) is 7.19. The molecule has 2 N–H and O–H groups in total. The summed E-state index contributed by atoms with van der Waals surface area (Å²) >= 11 is 0. The number of hydrogen-bond donors (Lipinski definition) is 1. The van der Waals surface area contributed by atoms with Crippen molar-refractivity contribution in [3.8, 4) is 0 Å². The predicted octanol–water partition coefficient (Wildman–Crippen LogP) is 1.17. The van der Waals surface area contributed by atoms with Gasteiger partial charge >= 0.3 is 0 Å². The van der Waals surface area contributed by atoms with Crippen LogP contribution in [-0.4, -0.2) is 43.2 Å². The molecule has 2 atom stereocenters. The van der Waals surface area contributed by atoms with E-state index in [-0.39, 0.29) is 24.4 Å². The van der Waals surface area contributed by atoms with Gasteiger partial charge < -0.3 is 15.4 Å². The standard InChI is InChI=1S/C12H22N2O2.ClH/c13-8-10-4-5-14(9-10)12(15)7-11-3-1-2-6-16-11;/h10-11H,1-9,13H2;1H. The average molecular weight is 263 g/mol. The smallest absolute Gasteiger partial charge is 0.225 e. The number of halogens is 1. The molecule has 2 aliphatic rings. The van der Waals surface area contributed by atoms with Crippen LogP contribution in [0.5, 0.6) is 0 Å². The molecule has 2 unspecified atom stereocenters. The number of carbonyl (C=O) groups is 1. The van der Waals surface area contributed by atoms with Crippen LogP contribution in [0.1, 0.15) is 32.1 Å². The molecular weight excluding hydrogens is 240 g/mol. The summed E-state index contributed by atoms with van der Waals surface area (Å²) < 4.78 is 5.59. The summed E-state index contributed by atoms with van der Waals surface area (Å²) in [6, 6.07) is 0. The Morgan fingerprint density at radius 3 is 2.76 bits per heavy atom. The van der Waals surface area contributed by atoms with Crippen LogP contribution in [-0.2, 0) is 9.53 Å². The van der Waals surface area contributed by atoms with Gasteiger partial charge in [-0.05, 0) is 38.1 Å². The first-order valence-electron chi connectivity index (χ1n) is 6.39. The third-order valence-electron chi connectivity index (χ3n) is 3.65. The quantitative estimate of drug-likeness (QED) is 0.831. The van der Waals surface area contributed by atoms with Crippen molar-refractivity contribution in [2.75, 3.05) is 26.2 Å². The topological polar surface area (TPSA) is 55.6 Å². The Morgan fingerprint density at radius 1 is 1.35 bits per heavy atom. The molecular formula is C12H23ClN2O2. The fourth-order valence-corrected chi connectivity index (χ4v) is 2.54. The lowest BCUT2D eigenvalue weighted by Crippen LogP contribution is -2.34. The molecule has 100 valence electrons. The molecule has 2 fully saturated rings. The number of rotatable bonds is 3. The van der Waals surface area contributed by atoms with Crippen molar-refractivity contribution < 1.29 is 9.53 Å². The molecule has 2 saturated heterocycles. The number of nitrogens with zero attached hydrogens (tertiary/aromatic N) is 1. The second-order valence-corrected chi connectivity index (χ2v) is 4.92. The van der Waals surface area contributed by atoms with Crippen molar-refractivity contribution in [2.45, 2.75) is 38.2 Å². The Kier molecular flexibility index (Phi) is 6.23. The van der Waals surface area contributed by atoms with E-state index in [9.17, 15) is 4.79 Å². The van der Waals surface area contributed by atoms with Crippen LogP contribution in [0.3, 0.4) is 0 Å². The Bertz CT molecular complexity index is 245. The van der Waals surface area contributed by atoms with Gasteiger partial charge in [0.15, 0.2) is 0 Å². The summed E-state index contributed by atoms with van der Waals surface area (Å²) in [6.07, 6.45) is 5.18. The van der Waals surface area contributed by atoms with E-state index in [0.717, 1.165) is 39.0 Å². The highest BCUT2D eigenvalue weighted by molar-refractivity contribution is 5.85. The molecule has 2 aliphatic heterocycles. The molecule has 4 nitrogen and oxygen atoms in total. The van der Waals surface area contributed by atoms with Gasteiger partial charge in [0.2, 0.25) is 5.91 Å². The van der Waals surface area contributed by atoms with Gasteiger partial charge in [-0.2, -0.15) is 0 Å². The molecule has 2 rings (SSSR count). The van der Waals surface area contributed by atoms with Gasteiger partial charge in [0, 0.05) is 19.7 Å². The lowest BCUT2D eigenvalue weighted by molar-refractivity contribution is -0.134. The molecule has 2 heterocycles. The van der Waals surface area contributed by atoms with E-state index >= 15 is 0 Å². The molecule has 0 spiro atoms. The Balaban J connectivity index is 0.00000144. The van der Waals surface area contributed by atoms with Crippen LogP contribution in [0.15, 0.2) is 0 Å². The Labute approximate surface area is 109 Å². The SMILES string of the molecule is Cl.NCC1CCN(C(=O)CC2CCCCO2)C1. The van der Waals surface area contributed by atoms with Crippen molar-refractivity contribution >= 4 is 18.3 Å². The maximum atomic E-state index is 12.0. The zero-order chi connectivity index (χ0) is 11.4. The van der Waals surface area contributed by atoms with Crippen molar-refractivity contribution in [3.63, 3.8) is 0 Å². The number of amides is 1. The fraction of sp³-hybridized carbons (Fsp3) is 0.917. The highest BCUT2D eigenvalue weighted by Crippen LogP contribution is 2.20. The molecule has 17 heavy (non-hydrogen) atoms. The van der Waals surface area contributed by atoms with Gasteiger partial charge in [0.05, 0.1) is 12.5 Å². The van der Waals surface area contributed by atoms with E-state index in [0.29, 0.717) is 18.9 Å². The minimum absolute atomic E-state index is 0. The maximum Gasteiger partial charge on any atom is 0.225 e. The van der Waals surface area contributed by atoms with Gasteiger partial charge in [-0.3, -0.25) is 4.79 Å². The van der Waals surface area contributed by atoms with E-state index in [4.69, 9.17) is 10.5 Å². The van der Waals surface area contributed by atoms with E-state index in [1.54, 1.807) is 0 Å². The zero-order valence-electron chi connectivity index (χ0n) is 10.3. The van der Waals surface area contributed by atoms with Gasteiger partial charge in [0.1, 0.15) is 0 Å². The Morgan fingerprint density at radius 2 is 2.18 bits per heavy atom. The van der Waals surface area contributed by atoms with Gasteiger partial charge in [-0.25, -0.2) is 0 Å². The number of hydrogen-bond acceptors (Lipinski definition) is 3. The van der Waals surface area contributed by atoms with Crippen LogP contribution in [0, 0.1) is 5.92 Å². The van der Waals surface area contributed by atoms with E-state index in [2.05, 4.69) is 0 Å². The maximum absolute atomic E-state index is 12.0. The van der Waals surface area contributed by atoms with E-state index in [1.165, 1.54) is 6.42 Å². The normalized spacial score (nSPS) is 28.9. The molecule has 0 aromatic carbocycles. The van der Waals surface area contributed by atoms with Gasteiger partial charge in [0.25, 0.3) is 0 Å². The summed E-state index contributed by atoms with van der Waals surface area (Å²) in [5, 5.41) is 0. The summed E-state index contributed by atoms with van der Waals surface area (Å²) in [5.74, 6) is 0.763. The minimum atomic E-state index is 0. The van der Waals surface area contributed by atoms with E-state index in [1.807, 2.05) is 4.90 Å². The van der Waals surface area contributed by atoms with Crippen LogP contribution in [0.4, 0.5) is 0 Å². The molecule has 0 aliphatic carbocycles. The molecule has 5 heteroatoms. The third kappa shape index (κ3) is 4.12. The average Bonchev–Trinajstić information content (AvgIpc) is 2.79. The van der Waals surface area contributed by atoms with Crippen molar-refractivity contribution in [3.05, 3.63) is 0 Å². The highest BCUT2D eigenvalue weighted by atomic mass is 35.5. The summed E-state index contributed by atoms with van der Waals surface area (Å²) in [7, 11) is 0. The fourth-order valence-electron chi connectivity index (χ4n) is 2.54. The minimum Gasteiger partial charge on any atom is -0.378 e. The molecule has 0 saturated carbocycles. The monoisotopic (exact) mass is 262 g/mol. The van der Waals surface area contributed by atoms with E-state index < -0.39 is 0 Å². The van der Waals surface area contributed by atoms with Crippen LogP contribution in [0.25, 0.3) is 0 Å². The van der Waals surface area contributed by atoms with Crippen LogP contribution >= 0.6 is 12.4 Å². The molecule has 0 bridgehead atoms. The summed E-state index contributed by atoms with van der Waals surface area (Å²) in [4.78, 5) is 13.9. The third-order valence-corrected chi connectivity index (χ3v) is 3.65. The predicted molar refractivity (Wildman–Crippen MR) is 69.2 cm³/mol. The lowest BCUT2D eigenvalue weighted by Gasteiger charge is -2.24. The summed E-state index contributed by atoms with van der Waals surface area (Å²) in [5.41, 5.74) is 5.62. The molecule has 0 radical (unpaired) electrons. The second-order valence-electron chi connectivity index (χ2n) is 4.92. The van der Waals surface area contributed by atoms with Crippen molar-refractivity contribution in [2.24, 2.45) is 11.7 Å². The number of likely N-dealkylation sites (tertiary alicyclic amines) is 1. The van der Waals surface area contributed by atoms with Gasteiger partial charge in [-0.15, -0.1) is 12.4 Å². The number of carbonyl (C=O) groups excluding carboxylic acids is 1. The Hall–Kier alpha value is -0.320. The van der Waals surface area contributed by atoms with Crippen molar-refractivity contribution in [1.82, 2.24) is 4.90 Å². The van der Waals surface area contributed by atoms with Crippen LogP contribution < -0.4 is 5.73 Å². The lowest BCUT2D eigenvalue weighted by atomic mass is 10.1.